The Labute approximate surface area is 56.9 Å². The molecule has 0 aliphatic rings. The van der Waals surface area contributed by atoms with Crippen LogP contribution in [-0.4, -0.2) is 16.2 Å². The van der Waals surface area contributed by atoms with Crippen LogP contribution in [-0.2, 0) is 4.79 Å². The van der Waals surface area contributed by atoms with Gasteiger partial charge in [0, 0.05) is 5.54 Å². The van der Waals surface area contributed by atoms with Crippen molar-refractivity contribution in [2.75, 3.05) is 0 Å². The van der Waals surface area contributed by atoms with E-state index < -0.39 is 5.97 Å². The van der Waals surface area contributed by atoms with Crippen molar-refractivity contribution in [1.29, 1.82) is 0 Å². The largest absolute Gasteiger partial charge is 0.508 e. The van der Waals surface area contributed by atoms with E-state index in [-0.39, 0.29) is 5.76 Å². The fourth-order valence-corrected chi connectivity index (χ4v) is 0.368. The summed E-state index contributed by atoms with van der Waals surface area (Å²) in [5, 5.41) is 16.5. The Morgan fingerprint density at radius 2 is 2.00 bits per heavy atom. The van der Waals surface area contributed by atoms with E-state index in [0.717, 1.165) is 11.6 Å². The molecular weight excluding hydrogens is 144 g/mol. The molecule has 0 aliphatic heterocycles. The summed E-state index contributed by atoms with van der Waals surface area (Å²) in [5.41, 5.74) is 1.02. The summed E-state index contributed by atoms with van der Waals surface area (Å²) in [6, 6.07) is 0. The topological polar surface area (TPSA) is 57.5 Å². The summed E-state index contributed by atoms with van der Waals surface area (Å²) >= 11 is 5.01. The average Bonchev–Trinajstić information content (AvgIpc) is 1.63. The van der Waals surface area contributed by atoms with Crippen molar-refractivity contribution in [2.45, 2.75) is 0 Å². The van der Waals surface area contributed by atoms with Crippen molar-refractivity contribution in [1.82, 2.24) is 0 Å². The van der Waals surface area contributed by atoms with Crippen molar-refractivity contribution >= 4 is 17.6 Å². The maximum atomic E-state index is 9.77. The van der Waals surface area contributed by atoms with Crippen LogP contribution in [0.5, 0.6) is 0 Å². The predicted molar refractivity (Wildman–Crippen MR) is 33.3 cm³/mol. The molecule has 0 unspecified atom stereocenters. The summed E-state index contributed by atoms with van der Waals surface area (Å²) in [6.45, 7) is 0. The number of rotatable bonds is 2. The Hall–Kier alpha value is -0.960. The molecule has 0 saturated carbocycles. The highest BCUT2D eigenvalue weighted by atomic mass is 35.5. The minimum atomic E-state index is -1.21. The third-order valence-corrected chi connectivity index (χ3v) is 0.631. The Bertz CT molecular complexity index is 160. The van der Waals surface area contributed by atoms with Gasteiger partial charge in [-0.3, -0.25) is 0 Å². The Morgan fingerprint density at radius 3 is 2.33 bits per heavy atom. The van der Waals surface area contributed by atoms with Gasteiger partial charge < -0.3 is 10.2 Å². The highest BCUT2D eigenvalue weighted by Crippen LogP contribution is 1.91. The van der Waals surface area contributed by atoms with Crippen LogP contribution in [0.3, 0.4) is 0 Å². The number of carboxylic acid groups (broad SMARTS) is 1. The molecule has 0 fully saturated rings. The molecule has 0 spiro atoms. The molecule has 0 radical (unpaired) electrons. The van der Waals surface area contributed by atoms with Crippen molar-refractivity contribution in [3.05, 3.63) is 23.4 Å². The summed E-state index contributed by atoms with van der Waals surface area (Å²) in [4.78, 5) is 9.77. The first-order chi connectivity index (χ1) is 4.16. The molecule has 50 valence electrons. The molecule has 0 aromatic rings. The second-order valence-electron chi connectivity index (χ2n) is 1.20. The van der Waals surface area contributed by atoms with Crippen LogP contribution in [0.2, 0.25) is 0 Å². The third-order valence-electron chi connectivity index (χ3n) is 0.505. The van der Waals surface area contributed by atoms with Crippen molar-refractivity contribution in [2.24, 2.45) is 0 Å². The van der Waals surface area contributed by atoms with Crippen LogP contribution in [0, 0.1) is 0 Å². The molecule has 0 bridgehead atoms. The summed E-state index contributed by atoms with van der Waals surface area (Å²) in [5.74, 6) is -1.58. The first kappa shape index (κ1) is 8.04. The number of carbonyl (C=O) groups is 1. The minimum absolute atomic E-state index is 0.377. The maximum absolute atomic E-state index is 9.77. The van der Waals surface area contributed by atoms with Crippen LogP contribution >= 0.6 is 11.6 Å². The molecule has 0 amide bonds. The van der Waals surface area contributed by atoms with Crippen LogP contribution in [0.25, 0.3) is 0 Å². The summed E-state index contributed by atoms with van der Waals surface area (Å²) < 4.78 is 0. The monoisotopic (exact) mass is 148 g/mol. The van der Waals surface area contributed by atoms with Gasteiger partial charge in [0.15, 0.2) is 0 Å². The lowest BCUT2D eigenvalue weighted by Crippen LogP contribution is -1.88. The zero-order chi connectivity index (χ0) is 7.28. The van der Waals surface area contributed by atoms with Crippen LogP contribution in [0.4, 0.5) is 0 Å². The quantitative estimate of drug-likeness (QED) is 0.352. The van der Waals surface area contributed by atoms with Gasteiger partial charge in [-0.25, -0.2) is 4.79 Å². The lowest BCUT2D eigenvalue weighted by Gasteiger charge is -1.83. The van der Waals surface area contributed by atoms with Gasteiger partial charge in [0.05, 0.1) is 6.08 Å². The fourth-order valence-electron chi connectivity index (χ4n) is 0.239. The van der Waals surface area contributed by atoms with Gasteiger partial charge in [-0.1, -0.05) is 11.6 Å². The van der Waals surface area contributed by atoms with E-state index in [1.165, 1.54) is 0 Å². The van der Waals surface area contributed by atoms with Gasteiger partial charge in [-0.05, 0) is 6.08 Å². The number of aliphatic hydroxyl groups excluding tert-OH is 1. The van der Waals surface area contributed by atoms with Crippen LogP contribution in [0.15, 0.2) is 23.4 Å². The highest BCUT2D eigenvalue weighted by Gasteiger charge is 1.89. The normalized spacial score (nSPS) is 12.3. The molecule has 2 N–H and O–H groups in total. The summed E-state index contributed by atoms with van der Waals surface area (Å²) in [6.07, 6.45) is 1.70. The standard InChI is InChI=1S/C5H5ClO3/c6-2-1-4(7)3-5(8)9/h1-3,7H,(H,8,9)/b2-1+,4-3+. The van der Waals surface area contributed by atoms with E-state index in [4.69, 9.17) is 21.8 Å². The lowest BCUT2D eigenvalue weighted by atomic mass is 10.4. The third kappa shape index (κ3) is 4.90. The van der Waals surface area contributed by atoms with E-state index in [9.17, 15) is 4.79 Å². The van der Waals surface area contributed by atoms with Crippen LogP contribution < -0.4 is 0 Å². The van der Waals surface area contributed by atoms with E-state index in [2.05, 4.69) is 0 Å². The molecule has 0 aromatic carbocycles. The minimum Gasteiger partial charge on any atom is -0.508 e. The van der Waals surface area contributed by atoms with Crippen LogP contribution in [0.1, 0.15) is 0 Å². The van der Waals surface area contributed by atoms with E-state index in [1.54, 1.807) is 0 Å². The van der Waals surface area contributed by atoms with Crippen molar-refractivity contribution in [3.63, 3.8) is 0 Å². The van der Waals surface area contributed by atoms with Gasteiger partial charge in [0.25, 0.3) is 0 Å². The smallest absolute Gasteiger partial charge is 0.332 e. The molecular formula is C5H5ClO3. The number of allylic oxidation sites excluding steroid dienone is 1. The van der Waals surface area contributed by atoms with Gasteiger partial charge >= 0.3 is 5.97 Å². The lowest BCUT2D eigenvalue weighted by molar-refractivity contribution is -0.131. The second kappa shape index (κ2) is 3.97. The molecule has 3 nitrogen and oxygen atoms in total. The average molecular weight is 149 g/mol. The maximum Gasteiger partial charge on any atom is 0.332 e. The predicted octanol–water partition coefficient (Wildman–Crippen LogP) is 1.27. The molecule has 0 aliphatic carbocycles. The van der Waals surface area contributed by atoms with Crippen molar-refractivity contribution < 1.29 is 15.0 Å². The Balaban J connectivity index is 4.00. The number of aliphatic hydroxyl groups is 1. The number of carboxylic acids is 1. The molecule has 0 rings (SSSR count). The molecule has 0 saturated heterocycles. The van der Waals surface area contributed by atoms with E-state index in [0.29, 0.717) is 6.08 Å². The first-order valence-corrected chi connectivity index (χ1v) is 2.51. The fraction of sp³-hybridized carbons (Fsp3) is 0. The Kier molecular flexibility index (Phi) is 3.55. The number of halogens is 1. The molecule has 0 atom stereocenters. The number of hydrogen-bond donors (Lipinski definition) is 2. The molecule has 4 heteroatoms. The molecule has 0 heterocycles. The first-order valence-electron chi connectivity index (χ1n) is 2.07. The van der Waals surface area contributed by atoms with E-state index in [1.807, 2.05) is 0 Å². The van der Waals surface area contributed by atoms with Gasteiger partial charge in [-0.2, -0.15) is 0 Å². The number of aliphatic carboxylic acids is 1. The van der Waals surface area contributed by atoms with Crippen molar-refractivity contribution in [3.8, 4) is 0 Å². The summed E-state index contributed by atoms with van der Waals surface area (Å²) in [7, 11) is 0. The zero-order valence-electron chi connectivity index (χ0n) is 4.41. The van der Waals surface area contributed by atoms with E-state index >= 15 is 0 Å². The van der Waals surface area contributed by atoms with Gasteiger partial charge in [-0.15, -0.1) is 0 Å². The Morgan fingerprint density at radius 1 is 1.44 bits per heavy atom. The second-order valence-corrected chi connectivity index (χ2v) is 1.45. The van der Waals surface area contributed by atoms with Gasteiger partial charge in [0.1, 0.15) is 5.76 Å². The molecule has 0 aromatic heterocycles. The zero-order valence-corrected chi connectivity index (χ0v) is 5.17. The molecule has 9 heavy (non-hydrogen) atoms. The number of hydrogen-bond acceptors (Lipinski definition) is 2. The SMILES string of the molecule is O=C(O)/C=C(O)\C=C\Cl. The van der Waals surface area contributed by atoms with Gasteiger partial charge in [0.2, 0.25) is 0 Å². The highest BCUT2D eigenvalue weighted by molar-refractivity contribution is 6.25.